The van der Waals surface area contributed by atoms with Crippen LogP contribution >= 0.6 is 11.3 Å². The number of nitrogens with zero attached hydrogens (tertiary/aromatic N) is 3. The number of hydrogen-bond donors (Lipinski definition) is 1. The molecule has 0 aliphatic carbocycles. The fourth-order valence-corrected chi connectivity index (χ4v) is 3.59. The standard InChI is InChI=1S/C22H17N3OS/c26-20-13-11-17(12-14-20)15-23-24-22-25(19-9-5-2-6-10-19)21(16-27-22)18-7-3-1-4-8-18/h1-16,26H/b23-15-,24-22+. The maximum absolute atomic E-state index is 9.36. The van der Waals surface area contributed by atoms with Crippen molar-refractivity contribution in [2.45, 2.75) is 0 Å². The average molecular weight is 371 g/mol. The van der Waals surface area contributed by atoms with E-state index in [1.54, 1.807) is 41.8 Å². The molecule has 0 atom stereocenters. The molecule has 3 aromatic carbocycles. The van der Waals surface area contributed by atoms with E-state index in [2.05, 4.69) is 44.4 Å². The SMILES string of the molecule is Oc1ccc(/C=N\N=c2\scc(-c3ccccc3)n2-c2ccccc2)cc1. The maximum atomic E-state index is 9.36. The predicted molar refractivity (Wildman–Crippen MR) is 110 cm³/mol. The largest absolute Gasteiger partial charge is 0.508 e. The summed E-state index contributed by atoms with van der Waals surface area (Å²) in [6, 6.07) is 27.2. The lowest BCUT2D eigenvalue weighted by atomic mass is 10.1. The van der Waals surface area contributed by atoms with Gasteiger partial charge in [-0.3, -0.25) is 4.57 Å². The molecule has 1 aromatic heterocycles. The van der Waals surface area contributed by atoms with Crippen LogP contribution in [0.1, 0.15) is 5.56 Å². The number of hydrogen-bond acceptors (Lipinski definition) is 4. The number of para-hydroxylation sites is 1. The highest BCUT2D eigenvalue weighted by Gasteiger charge is 2.09. The van der Waals surface area contributed by atoms with Gasteiger partial charge in [0.25, 0.3) is 0 Å². The van der Waals surface area contributed by atoms with Gasteiger partial charge < -0.3 is 5.11 Å². The lowest BCUT2D eigenvalue weighted by Crippen LogP contribution is -2.13. The fourth-order valence-electron chi connectivity index (χ4n) is 2.72. The normalized spacial score (nSPS) is 11.9. The third kappa shape index (κ3) is 3.88. The molecular weight excluding hydrogens is 354 g/mol. The molecule has 1 heterocycles. The van der Waals surface area contributed by atoms with Crippen LogP contribution in [0.5, 0.6) is 5.75 Å². The van der Waals surface area contributed by atoms with Crippen LogP contribution in [-0.2, 0) is 0 Å². The van der Waals surface area contributed by atoms with Crippen molar-refractivity contribution < 1.29 is 5.11 Å². The van der Waals surface area contributed by atoms with E-state index in [4.69, 9.17) is 0 Å². The topological polar surface area (TPSA) is 49.9 Å². The van der Waals surface area contributed by atoms with Crippen molar-refractivity contribution in [3.05, 3.63) is 101 Å². The van der Waals surface area contributed by atoms with Gasteiger partial charge in [-0.25, -0.2) is 0 Å². The fraction of sp³-hybridized carbons (Fsp3) is 0. The number of phenolic OH excluding ortho intramolecular Hbond substituents is 1. The molecule has 0 radical (unpaired) electrons. The second-order valence-corrected chi connectivity index (χ2v) is 6.71. The molecule has 27 heavy (non-hydrogen) atoms. The summed E-state index contributed by atoms with van der Waals surface area (Å²) < 4.78 is 2.11. The molecule has 0 aliphatic rings. The minimum atomic E-state index is 0.233. The number of aromatic nitrogens is 1. The quantitative estimate of drug-likeness (QED) is 0.405. The van der Waals surface area contributed by atoms with Gasteiger partial charge in [0.1, 0.15) is 5.75 Å². The van der Waals surface area contributed by atoms with E-state index in [1.165, 1.54) is 0 Å². The van der Waals surface area contributed by atoms with Crippen LogP contribution in [-0.4, -0.2) is 15.9 Å². The summed E-state index contributed by atoms with van der Waals surface area (Å²) in [6.07, 6.45) is 1.68. The molecule has 0 aliphatic heterocycles. The number of thiazole rings is 1. The highest BCUT2D eigenvalue weighted by molar-refractivity contribution is 7.07. The smallest absolute Gasteiger partial charge is 0.215 e. The van der Waals surface area contributed by atoms with Crippen LogP contribution in [0.25, 0.3) is 16.9 Å². The summed E-state index contributed by atoms with van der Waals surface area (Å²) >= 11 is 1.55. The third-order valence-corrected chi connectivity index (χ3v) is 4.85. The number of rotatable bonds is 4. The lowest BCUT2D eigenvalue weighted by molar-refractivity contribution is 0.475. The molecule has 1 N–H and O–H groups in total. The molecule has 4 nitrogen and oxygen atoms in total. The number of phenols is 1. The van der Waals surface area contributed by atoms with Crippen LogP contribution in [0.4, 0.5) is 0 Å². The maximum Gasteiger partial charge on any atom is 0.215 e. The Morgan fingerprint density at radius 1 is 0.815 bits per heavy atom. The lowest BCUT2D eigenvalue weighted by Gasteiger charge is -2.08. The summed E-state index contributed by atoms with van der Waals surface area (Å²) in [5, 5.41) is 20.1. The molecule has 5 heteroatoms. The van der Waals surface area contributed by atoms with Gasteiger partial charge in [0.2, 0.25) is 4.80 Å². The zero-order valence-corrected chi connectivity index (χ0v) is 15.3. The van der Waals surface area contributed by atoms with Crippen LogP contribution in [0.3, 0.4) is 0 Å². The molecule has 0 saturated heterocycles. The highest BCUT2D eigenvalue weighted by Crippen LogP contribution is 2.23. The molecular formula is C22H17N3OS. The van der Waals surface area contributed by atoms with Gasteiger partial charge in [0, 0.05) is 11.1 Å². The summed E-state index contributed by atoms with van der Waals surface area (Å²) in [4.78, 5) is 0.787. The van der Waals surface area contributed by atoms with Gasteiger partial charge in [-0.05, 0) is 47.5 Å². The first-order valence-corrected chi connectivity index (χ1v) is 9.37. The van der Waals surface area contributed by atoms with Gasteiger partial charge in [0.15, 0.2) is 0 Å². The Bertz CT molecular complexity index is 1110. The molecule has 0 spiro atoms. The molecule has 0 fully saturated rings. The predicted octanol–water partition coefficient (Wildman–Crippen LogP) is 4.85. The van der Waals surface area contributed by atoms with Crippen LogP contribution < -0.4 is 4.80 Å². The minimum Gasteiger partial charge on any atom is -0.508 e. The van der Waals surface area contributed by atoms with Crippen molar-refractivity contribution in [2.24, 2.45) is 10.2 Å². The van der Waals surface area contributed by atoms with Crippen LogP contribution in [0, 0.1) is 0 Å². The van der Waals surface area contributed by atoms with E-state index in [9.17, 15) is 5.11 Å². The molecule has 0 amide bonds. The minimum absolute atomic E-state index is 0.233. The first-order chi connectivity index (χ1) is 13.3. The Balaban J connectivity index is 1.79. The van der Waals surface area contributed by atoms with Gasteiger partial charge >= 0.3 is 0 Å². The monoisotopic (exact) mass is 371 g/mol. The second-order valence-electron chi connectivity index (χ2n) is 5.88. The van der Waals surface area contributed by atoms with Gasteiger partial charge in [-0.15, -0.1) is 16.4 Å². The first-order valence-electron chi connectivity index (χ1n) is 8.49. The molecule has 132 valence electrons. The third-order valence-electron chi connectivity index (χ3n) is 4.04. The Morgan fingerprint density at radius 2 is 1.48 bits per heavy atom. The summed E-state index contributed by atoms with van der Waals surface area (Å²) in [5.41, 5.74) is 4.12. The summed E-state index contributed by atoms with van der Waals surface area (Å²) in [5.74, 6) is 0.233. The number of benzene rings is 3. The summed E-state index contributed by atoms with van der Waals surface area (Å²) in [6.45, 7) is 0. The van der Waals surface area contributed by atoms with Gasteiger partial charge in [0.05, 0.1) is 11.9 Å². The van der Waals surface area contributed by atoms with Crippen molar-refractivity contribution in [2.75, 3.05) is 0 Å². The Kier molecular flexibility index (Phi) is 4.94. The van der Waals surface area contributed by atoms with Crippen LogP contribution in [0.2, 0.25) is 0 Å². The zero-order valence-electron chi connectivity index (χ0n) is 14.4. The molecule has 0 bridgehead atoms. The Morgan fingerprint density at radius 3 is 2.19 bits per heavy atom. The van der Waals surface area contributed by atoms with E-state index in [0.29, 0.717) is 0 Å². The van der Waals surface area contributed by atoms with Crippen molar-refractivity contribution >= 4 is 17.6 Å². The van der Waals surface area contributed by atoms with Crippen LogP contribution in [0.15, 0.2) is 101 Å². The first kappa shape index (κ1) is 17.0. The average Bonchev–Trinajstić information content (AvgIpc) is 3.15. The van der Waals surface area contributed by atoms with E-state index in [0.717, 1.165) is 27.3 Å². The van der Waals surface area contributed by atoms with Crippen molar-refractivity contribution in [1.82, 2.24) is 4.57 Å². The summed E-state index contributed by atoms with van der Waals surface area (Å²) in [7, 11) is 0. The zero-order chi connectivity index (χ0) is 18.5. The van der Waals surface area contributed by atoms with Crippen molar-refractivity contribution in [1.29, 1.82) is 0 Å². The molecule has 0 saturated carbocycles. The van der Waals surface area contributed by atoms with Gasteiger partial charge in [-0.1, -0.05) is 48.5 Å². The van der Waals surface area contributed by atoms with E-state index >= 15 is 0 Å². The second kappa shape index (κ2) is 7.85. The molecule has 4 aromatic rings. The van der Waals surface area contributed by atoms with Crippen molar-refractivity contribution in [3.63, 3.8) is 0 Å². The van der Waals surface area contributed by atoms with E-state index in [1.807, 2.05) is 36.4 Å². The van der Waals surface area contributed by atoms with Gasteiger partial charge in [-0.2, -0.15) is 5.10 Å². The number of aromatic hydroxyl groups is 1. The highest BCUT2D eigenvalue weighted by atomic mass is 32.1. The van der Waals surface area contributed by atoms with E-state index in [-0.39, 0.29) is 5.75 Å². The molecule has 4 rings (SSSR count). The Labute approximate surface area is 161 Å². The Hall–Kier alpha value is -3.44. The molecule has 0 unspecified atom stereocenters. The van der Waals surface area contributed by atoms with E-state index < -0.39 is 0 Å². The van der Waals surface area contributed by atoms with Crippen molar-refractivity contribution in [3.8, 4) is 22.7 Å².